The number of nitrogens with zero attached hydrogens (tertiary/aromatic N) is 2. The summed E-state index contributed by atoms with van der Waals surface area (Å²) >= 11 is 0. The van der Waals surface area contributed by atoms with Gasteiger partial charge in [-0.25, -0.2) is 0 Å². The molecule has 98 valence electrons. The number of hydrogen-bond donors (Lipinski definition) is 0. The lowest BCUT2D eigenvalue weighted by atomic mass is 10.1. The Labute approximate surface area is 107 Å². The van der Waals surface area contributed by atoms with Crippen LogP contribution < -0.4 is 4.74 Å². The summed E-state index contributed by atoms with van der Waals surface area (Å²) in [5, 5.41) is 8.26. The minimum atomic E-state index is -1.22. The molecule has 0 amide bonds. The van der Waals surface area contributed by atoms with Crippen molar-refractivity contribution in [2.75, 3.05) is 14.2 Å². The highest BCUT2D eigenvalue weighted by Gasteiger charge is 2.47. The molecular formula is C13H18N2O3. The van der Waals surface area contributed by atoms with Crippen LogP contribution in [0, 0.1) is 6.92 Å². The van der Waals surface area contributed by atoms with Crippen molar-refractivity contribution >= 4 is 0 Å². The summed E-state index contributed by atoms with van der Waals surface area (Å²) in [6.07, 6.45) is 0. The van der Waals surface area contributed by atoms with Crippen LogP contribution >= 0.6 is 0 Å². The van der Waals surface area contributed by atoms with Crippen molar-refractivity contribution in [2.24, 2.45) is 10.2 Å². The summed E-state index contributed by atoms with van der Waals surface area (Å²) < 4.78 is 16.7. The van der Waals surface area contributed by atoms with Crippen molar-refractivity contribution in [2.45, 2.75) is 32.4 Å². The molecule has 1 aromatic rings. The van der Waals surface area contributed by atoms with Crippen molar-refractivity contribution in [3.05, 3.63) is 29.3 Å². The maximum absolute atomic E-state index is 5.83. The molecule has 1 aliphatic rings. The van der Waals surface area contributed by atoms with Gasteiger partial charge in [-0.2, -0.15) is 5.11 Å². The number of methoxy groups -OCH3 is 2. The summed E-state index contributed by atoms with van der Waals surface area (Å²) in [6, 6.07) is 5.75. The maximum atomic E-state index is 5.83. The third-order valence-corrected chi connectivity index (χ3v) is 2.84. The van der Waals surface area contributed by atoms with Gasteiger partial charge in [0.15, 0.2) is 5.72 Å². The summed E-state index contributed by atoms with van der Waals surface area (Å²) in [4.78, 5) is 0. The number of rotatable bonds is 3. The van der Waals surface area contributed by atoms with Crippen molar-refractivity contribution < 1.29 is 14.2 Å². The van der Waals surface area contributed by atoms with E-state index in [4.69, 9.17) is 14.2 Å². The first kappa shape index (κ1) is 13.0. The van der Waals surface area contributed by atoms with E-state index in [1.54, 1.807) is 14.2 Å². The monoisotopic (exact) mass is 250 g/mol. The van der Waals surface area contributed by atoms with Gasteiger partial charge in [0.2, 0.25) is 0 Å². The largest absolute Gasteiger partial charge is 0.496 e. The summed E-state index contributed by atoms with van der Waals surface area (Å²) in [5.41, 5.74) is 1.02. The topological polar surface area (TPSA) is 52.4 Å². The summed E-state index contributed by atoms with van der Waals surface area (Å²) in [5.74, 6) is -0.517. The third-order valence-electron chi connectivity index (χ3n) is 2.84. The summed E-state index contributed by atoms with van der Waals surface area (Å²) in [7, 11) is 3.16. The second-order valence-corrected chi connectivity index (χ2v) is 4.69. The van der Waals surface area contributed by atoms with Crippen LogP contribution in [0.4, 0.5) is 0 Å². The average Bonchev–Trinajstić information content (AvgIpc) is 2.66. The molecule has 18 heavy (non-hydrogen) atoms. The minimum absolute atomic E-state index is 0.704. The van der Waals surface area contributed by atoms with Crippen LogP contribution in [0.5, 0.6) is 5.75 Å². The molecule has 0 spiro atoms. The van der Waals surface area contributed by atoms with E-state index >= 15 is 0 Å². The predicted octanol–water partition coefficient (Wildman–Crippen LogP) is 2.98. The Kier molecular flexibility index (Phi) is 3.12. The molecule has 0 saturated carbocycles. The molecule has 0 aliphatic carbocycles. The van der Waals surface area contributed by atoms with E-state index in [2.05, 4.69) is 10.2 Å². The van der Waals surface area contributed by atoms with Crippen LogP contribution in [-0.4, -0.2) is 19.9 Å². The second kappa shape index (κ2) is 4.33. The van der Waals surface area contributed by atoms with E-state index in [9.17, 15) is 0 Å². The molecule has 2 rings (SSSR count). The highest BCUT2D eigenvalue weighted by atomic mass is 16.7. The molecule has 5 nitrogen and oxygen atoms in total. The van der Waals surface area contributed by atoms with Crippen molar-refractivity contribution in [1.29, 1.82) is 0 Å². The molecule has 1 aromatic carbocycles. The molecule has 1 unspecified atom stereocenters. The van der Waals surface area contributed by atoms with Crippen LogP contribution in [0.25, 0.3) is 0 Å². The van der Waals surface area contributed by atoms with Gasteiger partial charge < -0.3 is 9.47 Å². The number of ether oxygens (including phenoxy) is 3. The van der Waals surface area contributed by atoms with Gasteiger partial charge in [-0.15, -0.1) is 5.11 Å². The summed E-state index contributed by atoms with van der Waals surface area (Å²) in [6.45, 7) is 5.63. The predicted molar refractivity (Wildman–Crippen MR) is 66.4 cm³/mol. The van der Waals surface area contributed by atoms with Crippen molar-refractivity contribution in [3.63, 3.8) is 0 Å². The molecule has 1 aliphatic heterocycles. The quantitative estimate of drug-likeness (QED) is 0.828. The number of para-hydroxylation sites is 1. The second-order valence-electron chi connectivity index (χ2n) is 4.69. The molecule has 0 aromatic heterocycles. The number of aryl methyl sites for hydroxylation is 1. The van der Waals surface area contributed by atoms with E-state index in [1.807, 2.05) is 39.0 Å². The SMILES string of the molecule is COc1c(C)cccc1C1(OC)N=NC(C)(C)O1. The van der Waals surface area contributed by atoms with Gasteiger partial charge in [-0.1, -0.05) is 12.1 Å². The normalized spacial score (nSPS) is 25.4. The zero-order valence-electron chi connectivity index (χ0n) is 11.4. The number of azo groups is 1. The number of hydrogen-bond acceptors (Lipinski definition) is 5. The van der Waals surface area contributed by atoms with E-state index in [0.29, 0.717) is 5.75 Å². The van der Waals surface area contributed by atoms with Gasteiger partial charge in [0, 0.05) is 7.11 Å². The smallest absolute Gasteiger partial charge is 0.321 e. The fourth-order valence-corrected chi connectivity index (χ4v) is 2.04. The fourth-order valence-electron chi connectivity index (χ4n) is 2.04. The van der Waals surface area contributed by atoms with Gasteiger partial charge in [-0.05, 0) is 32.4 Å². The lowest BCUT2D eigenvalue weighted by Crippen LogP contribution is -2.33. The van der Waals surface area contributed by atoms with E-state index < -0.39 is 11.6 Å². The highest BCUT2D eigenvalue weighted by molar-refractivity contribution is 5.43. The molecule has 0 bridgehead atoms. The third kappa shape index (κ3) is 2.00. The lowest BCUT2D eigenvalue weighted by molar-refractivity contribution is -0.248. The Balaban J connectivity index is 2.54. The van der Waals surface area contributed by atoms with E-state index in [1.165, 1.54) is 0 Å². The Morgan fingerprint density at radius 1 is 1.17 bits per heavy atom. The van der Waals surface area contributed by atoms with Gasteiger partial charge in [0.25, 0.3) is 0 Å². The average molecular weight is 250 g/mol. The Hall–Kier alpha value is -1.46. The molecule has 0 fully saturated rings. The Bertz CT molecular complexity index is 485. The van der Waals surface area contributed by atoms with Crippen LogP contribution in [0.1, 0.15) is 25.0 Å². The zero-order chi connectivity index (χ0) is 13.4. The molecule has 0 radical (unpaired) electrons. The van der Waals surface area contributed by atoms with E-state index in [-0.39, 0.29) is 0 Å². The molecule has 0 saturated heterocycles. The Morgan fingerprint density at radius 2 is 1.89 bits per heavy atom. The zero-order valence-corrected chi connectivity index (χ0v) is 11.4. The first-order valence-corrected chi connectivity index (χ1v) is 5.77. The first-order chi connectivity index (χ1) is 8.44. The molecule has 5 heteroatoms. The van der Waals surface area contributed by atoms with Crippen LogP contribution in [0.2, 0.25) is 0 Å². The van der Waals surface area contributed by atoms with Crippen molar-refractivity contribution in [3.8, 4) is 5.75 Å². The van der Waals surface area contributed by atoms with Crippen LogP contribution in [0.3, 0.4) is 0 Å². The van der Waals surface area contributed by atoms with Crippen LogP contribution in [0.15, 0.2) is 28.4 Å². The highest BCUT2D eigenvalue weighted by Crippen LogP contribution is 2.44. The molecule has 1 atom stereocenters. The van der Waals surface area contributed by atoms with E-state index in [0.717, 1.165) is 11.1 Å². The maximum Gasteiger partial charge on any atom is 0.321 e. The lowest BCUT2D eigenvalue weighted by Gasteiger charge is -2.28. The fraction of sp³-hybridized carbons (Fsp3) is 0.538. The number of benzene rings is 1. The van der Waals surface area contributed by atoms with Gasteiger partial charge in [0.05, 0.1) is 12.7 Å². The first-order valence-electron chi connectivity index (χ1n) is 5.77. The van der Waals surface area contributed by atoms with Gasteiger partial charge >= 0.3 is 5.91 Å². The molecule has 0 N–H and O–H groups in total. The molecular weight excluding hydrogens is 232 g/mol. The van der Waals surface area contributed by atoms with Gasteiger partial charge in [-0.3, -0.25) is 4.74 Å². The minimum Gasteiger partial charge on any atom is -0.496 e. The Morgan fingerprint density at radius 3 is 2.39 bits per heavy atom. The van der Waals surface area contributed by atoms with Crippen molar-refractivity contribution in [1.82, 2.24) is 0 Å². The van der Waals surface area contributed by atoms with Crippen LogP contribution in [-0.2, 0) is 15.4 Å². The standard InChI is InChI=1S/C13H18N2O3/c1-9-7-6-8-10(11(9)16-4)13(17-5)15-14-12(2,3)18-13/h6-8H,1-5H3. The van der Waals surface area contributed by atoms with Gasteiger partial charge in [0.1, 0.15) is 5.75 Å². The molecule has 1 heterocycles.